The molecule has 0 aliphatic carbocycles. The molecule has 8 nitrogen and oxygen atoms in total. The summed E-state index contributed by atoms with van der Waals surface area (Å²) in [7, 11) is 0. The number of rotatable bonds is 10. The fraction of sp³-hybridized carbons (Fsp3) is 0.647. The lowest BCUT2D eigenvalue weighted by molar-refractivity contribution is -0.131. The highest BCUT2D eigenvalue weighted by Gasteiger charge is 2.16. The van der Waals surface area contributed by atoms with Gasteiger partial charge in [0.1, 0.15) is 5.76 Å². The molecule has 0 N–H and O–H groups in total. The van der Waals surface area contributed by atoms with Gasteiger partial charge in [-0.2, -0.15) is 0 Å². The van der Waals surface area contributed by atoms with E-state index in [2.05, 4.69) is 34.1 Å². The van der Waals surface area contributed by atoms with E-state index in [4.69, 9.17) is 8.94 Å². The van der Waals surface area contributed by atoms with Crippen molar-refractivity contribution in [3.63, 3.8) is 0 Å². The Labute approximate surface area is 148 Å². The topological polar surface area (TPSA) is 88.5 Å². The van der Waals surface area contributed by atoms with Gasteiger partial charge in [0.05, 0.1) is 0 Å². The number of carbonyl (C=O) groups excluding carboxylic acids is 1. The van der Waals surface area contributed by atoms with Crippen LogP contribution in [0.15, 0.2) is 15.0 Å². The normalized spacial score (nSPS) is 11.2. The van der Waals surface area contributed by atoms with Crippen molar-refractivity contribution < 1.29 is 13.7 Å². The van der Waals surface area contributed by atoms with Crippen LogP contribution in [0, 0.1) is 6.92 Å². The quantitative estimate of drug-likeness (QED) is 0.649. The predicted molar refractivity (Wildman–Crippen MR) is 92.9 cm³/mol. The molecule has 0 radical (unpaired) electrons. The van der Waals surface area contributed by atoms with Gasteiger partial charge in [0.2, 0.25) is 11.8 Å². The molecule has 0 spiro atoms. The van der Waals surface area contributed by atoms with Gasteiger partial charge in [0.25, 0.3) is 5.89 Å². The van der Waals surface area contributed by atoms with Gasteiger partial charge in [-0.3, -0.25) is 4.79 Å². The van der Waals surface area contributed by atoms with E-state index in [-0.39, 0.29) is 5.91 Å². The van der Waals surface area contributed by atoms with E-state index < -0.39 is 0 Å². The van der Waals surface area contributed by atoms with Crippen LogP contribution in [-0.2, 0) is 11.2 Å². The second-order valence-corrected chi connectivity index (χ2v) is 5.82. The molecule has 2 rings (SSSR count). The molecule has 0 fully saturated rings. The Balaban J connectivity index is 1.85. The second-order valence-electron chi connectivity index (χ2n) is 5.82. The minimum atomic E-state index is 0.103. The monoisotopic (exact) mass is 349 g/mol. The minimum Gasteiger partial charge on any atom is -0.419 e. The molecule has 0 atom stereocenters. The fourth-order valence-corrected chi connectivity index (χ4v) is 2.56. The maximum Gasteiger partial charge on any atom is 0.269 e. The van der Waals surface area contributed by atoms with E-state index in [0.29, 0.717) is 42.6 Å². The molecule has 2 heterocycles. The smallest absolute Gasteiger partial charge is 0.269 e. The third-order valence-electron chi connectivity index (χ3n) is 4.18. The number of aromatic nitrogens is 3. The van der Waals surface area contributed by atoms with Crippen LogP contribution in [-0.4, -0.2) is 63.8 Å². The van der Waals surface area contributed by atoms with Crippen LogP contribution in [0.1, 0.15) is 38.8 Å². The first kappa shape index (κ1) is 19.1. The van der Waals surface area contributed by atoms with Gasteiger partial charge in [0, 0.05) is 38.5 Å². The van der Waals surface area contributed by atoms with E-state index in [0.717, 1.165) is 26.2 Å². The molecule has 0 aliphatic rings. The van der Waals surface area contributed by atoms with Crippen molar-refractivity contribution in [3.05, 3.63) is 17.7 Å². The molecule has 2 aromatic heterocycles. The average Bonchev–Trinajstić information content (AvgIpc) is 3.25. The first-order valence-electron chi connectivity index (χ1n) is 8.83. The Morgan fingerprint density at radius 2 is 1.88 bits per heavy atom. The fourth-order valence-electron chi connectivity index (χ4n) is 2.56. The van der Waals surface area contributed by atoms with Crippen LogP contribution in [0.4, 0.5) is 0 Å². The molecule has 0 bridgehead atoms. The van der Waals surface area contributed by atoms with Crippen LogP contribution in [0.3, 0.4) is 0 Å². The summed E-state index contributed by atoms with van der Waals surface area (Å²) in [5.74, 6) is 1.53. The number of aryl methyl sites for hydroxylation is 2. The highest BCUT2D eigenvalue weighted by molar-refractivity contribution is 5.76. The van der Waals surface area contributed by atoms with Crippen LogP contribution in [0.5, 0.6) is 0 Å². The standard InChI is InChI=1S/C17H27N5O3/c1-5-21(6-2)10-11-22(7-3)16(23)9-8-15-18-19-17(24-15)14-12-13(4)25-20-14/h12H,5-11H2,1-4H3. The van der Waals surface area contributed by atoms with E-state index in [9.17, 15) is 4.79 Å². The molecular weight excluding hydrogens is 322 g/mol. The van der Waals surface area contributed by atoms with E-state index >= 15 is 0 Å². The van der Waals surface area contributed by atoms with Gasteiger partial charge in [0.15, 0.2) is 5.69 Å². The van der Waals surface area contributed by atoms with Gasteiger partial charge in [-0.1, -0.05) is 19.0 Å². The maximum atomic E-state index is 12.4. The van der Waals surface area contributed by atoms with E-state index in [1.165, 1.54) is 0 Å². The summed E-state index contributed by atoms with van der Waals surface area (Å²) in [5.41, 5.74) is 0.511. The lowest BCUT2D eigenvalue weighted by atomic mass is 10.2. The predicted octanol–water partition coefficient (Wildman–Crippen LogP) is 2.16. The second kappa shape index (κ2) is 9.31. The lowest BCUT2D eigenvalue weighted by Crippen LogP contribution is -2.38. The Morgan fingerprint density at radius 3 is 2.48 bits per heavy atom. The molecule has 0 aliphatic heterocycles. The molecular formula is C17H27N5O3. The van der Waals surface area contributed by atoms with Crippen molar-refractivity contribution in [2.75, 3.05) is 32.7 Å². The summed E-state index contributed by atoms with van der Waals surface area (Å²) in [6, 6.07) is 1.73. The third kappa shape index (κ3) is 5.38. The molecule has 0 saturated heterocycles. The molecule has 1 amide bonds. The summed E-state index contributed by atoms with van der Waals surface area (Å²) in [5, 5.41) is 11.8. The highest BCUT2D eigenvalue weighted by atomic mass is 16.5. The number of hydrogen-bond acceptors (Lipinski definition) is 7. The van der Waals surface area contributed by atoms with Gasteiger partial charge >= 0.3 is 0 Å². The zero-order valence-corrected chi connectivity index (χ0v) is 15.5. The van der Waals surface area contributed by atoms with E-state index in [1.54, 1.807) is 13.0 Å². The number of amides is 1. The third-order valence-corrected chi connectivity index (χ3v) is 4.18. The number of likely N-dealkylation sites (N-methyl/N-ethyl adjacent to an activating group) is 2. The van der Waals surface area contributed by atoms with Crippen LogP contribution >= 0.6 is 0 Å². The largest absolute Gasteiger partial charge is 0.419 e. The summed E-state index contributed by atoms with van der Waals surface area (Å²) in [6.45, 7) is 12.4. The zero-order valence-electron chi connectivity index (χ0n) is 15.5. The highest BCUT2D eigenvalue weighted by Crippen LogP contribution is 2.17. The maximum absolute atomic E-state index is 12.4. The van der Waals surface area contributed by atoms with Crippen LogP contribution < -0.4 is 0 Å². The Kier molecular flexibility index (Phi) is 7.12. The van der Waals surface area contributed by atoms with Gasteiger partial charge in [-0.25, -0.2) is 0 Å². The zero-order chi connectivity index (χ0) is 18.2. The van der Waals surface area contributed by atoms with E-state index in [1.807, 2.05) is 11.8 Å². The summed E-state index contributed by atoms with van der Waals surface area (Å²) < 4.78 is 10.6. The SMILES string of the molecule is CCN(CC)CCN(CC)C(=O)CCc1nnc(-c2cc(C)on2)o1. The van der Waals surface area contributed by atoms with Crippen molar-refractivity contribution in [2.24, 2.45) is 0 Å². The number of carbonyl (C=O) groups is 1. The van der Waals surface area contributed by atoms with Crippen LogP contribution in [0.2, 0.25) is 0 Å². The van der Waals surface area contributed by atoms with Crippen molar-refractivity contribution in [2.45, 2.75) is 40.5 Å². The summed E-state index contributed by atoms with van der Waals surface area (Å²) >= 11 is 0. The van der Waals surface area contributed by atoms with Crippen LogP contribution in [0.25, 0.3) is 11.6 Å². The van der Waals surface area contributed by atoms with Crippen molar-refractivity contribution in [1.82, 2.24) is 25.2 Å². The summed E-state index contributed by atoms with van der Waals surface area (Å²) in [4.78, 5) is 16.6. The average molecular weight is 349 g/mol. The van der Waals surface area contributed by atoms with Crippen molar-refractivity contribution in [3.8, 4) is 11.6 Å². The Bertz CT molecular complexity index is 663. The number of hydrogen-bond donors (Lipinski definition) is 0. The Hall–Kier alpha value is -2.22. The molecule has 2 aromatic rings. The molecule has 25 heavy (non-hydrogen) atoms. The molecule has 0 aromatic carbocycles. The summed E-state index contributed by atoms with van der Waals surface area (Å²) in [6.07, 6.45) is 0.774. The lowest BCUT2D eigenvalue weighted by Gasteiger charge is -2.25. The van der Waals surface area contributed by atoms with Gasteiger partial charge in [-0.05, 0) is 26.9 Å². The molecule has 8 heteroatoms. The number of nitrogens with zero attached hydrogens (tertiary/aromatic N) is 5. The van der Waals surface area contributed by atoms with Crippen molar-refractivity contribution >= 4 is 5.91 Å². The first-order chi connectivity index (χ1) is 12.1. The molecule has 0 saturated carbocycles. The first-order valence-corrected chi connectivity index (χ1v) is 8.83. The van der Waals surface area contributed by atoms with Crippen molar-refractivity contribution in [1.29, 1.82) is 0 Å². The molecule has 138 valence electrons. The Morgan fingerprint density at radius 1 is 1.12 bits per heavy atom. The van der Waals surface area contributed by atoms with Gasteiger partial charge < -0.3 is 18.7 Å². The molecule has 0 unspecified atom stereocenters. The van der Waals surface area contributed by atoms with Gasteiger partial charge in [-0.15, -0.1) is 10.2 Å². The minimum absolute atomic E-state index is 0.103.